The number of likely N-dealkylation sites (tertiary alicyclic amines) is 1. The Kier molecular flexibility index (Phi) is 5.21. The highest BCUT2D eigenvalue weighted by Gasteiger charge is 2.21. The third-order valence-electron chi connectivity index (χ3n) is 4.61. The van der Waals surface area contributed by atoms with Gasteiger partial charge in [-0.1, -0.05) is 18.2 Å². The predicted molar refractivity (Wildman–Crippen MR) is 99.3 cm³/mol. The summed E-state index contributed by atoms with van der Waals surface area (Å²) in [4.78, 5) is 6.53. The van der Waals surface area contributed by atoms with E-state index in [0.29, 0.717) is 12.1 Å². The summed E-state index contributed by atoms with van der Waals surface area (Å²) >= 11 is 0. The number of nitrogens with one attached hydrogen (secondary N) is 1. The monoisotopic (exact) mass is 358 g/mol. The Morgan fingerprint density at radius 3 is 2.72 bits per heavy atom. The van der Waals surface area contributed by atoms with E-state index >= 15 is 0 Å². The lowest BCUT2D eigenvalue weighted by Gasteiger charge is -2.33. The zero-order valence-corrected chi connectivity index (χ0v) is 15.1. The zero-order valence-electron chi connectivity index (χ0n) is 14.3. The molecule has 0 radical (unpaired) electrons. The van der Waals surface area contributed by atoms with Crippen molar-refractivity contribution in [1.82, 2.24) is 9.88 Å². The fourth-order valence-corrected chi connectivity index (χ4v) is 3.77. The predicted octanol–water partition coefficient (Wildman–Crippen LogP) is 2.03. The first-order valence-electron chi connectivity index (χ1n) is 8.41. The van der Waals surface area contributed by atoms with Crippen LogP contribution in [0.15, 0.2) is 30.5 Å². The molecule has 0 saturated carbocycles. The molecule has 6 nitrogen and oxygen atoms in total. The quantitative estimate of drug-likeness (QED) is 0.880. The maximum atomic E-state index is 11.3. The van der Waals surface area contributed by atoms with Crippen LogP contribution in [0.25, 0.3) is 10.9 Å². The highest BCUT2D eigenvalue weighted by atomic mass is 32.2. The Bertz CT molecular complexity index is 897. The van der Waals surface area contributed by atoms with Gasteiger partial charge in [0.15, 0.2) is 0 Å². The average Bonchev–Trinajstić information content (AvgIpc) is 2.61. The second kappa shape index (κ2) is 7.38. The number of pyridine rings is 1. The lowest BCUT2D eigenvalue weighted by molar-refractivity contribution is 0.230. The molecule has 1 aliphatic rings. The summed E-state index contributed by atoms with van der Waals surface area (Å²) < 4.78 is 22.6. The number of nitrogens with zero attached hydrogens (tertiary/aromatic N) is 3. The standard InChI is InChI=1S/C18H22N4O2S/c1-25(23,24)11-10-22-8-6-15(7-9-22)21-18-14(12-19)13-20-17-5-3-2-4-16(17)18/h2-5,13,15H,6-11H2,1H3,(H,20,21). The average molecular weight is 358 g/mol. The molecular formula is C18H22N4O2S. The molecule has 0 aliphatic carbocycles. The fraction of sp³-hybridized carbons (Fsp3) is 0.444. The third-order valence-corrected chi connectivity index (χ3v) is 5.53. The Hall–Kier alpha value is -2.17. The molecule has 1 aromatic carbocycles. The van der Waals surface area contributed by atoms with Gasteiger partial charge in [0.2, 0.25) is 0 Å². The van der Waals surface area contributed by atoms with E-state index in [4.69, 9.17) is 0 Å². The van der Waals surface area contributed by atoms with E-state index in [1.54, 1.807) is 6.20 Å². The number of hydrogen-bond donors (Lipinski definition) is 1. The number of benzene rings is 1. The molecule has 1 N–H and O–H groups in total. The molecule has 0 amide bonds. The molecule has 3 rings (SSSR count). The molecule has 1 aromatic heterocycles. The van der Waals surface area contributed by atoms with Crippen LogP contribution in [0.5, 0.6) is 0 Å². The molecule has 1 saturated heterocycles. The Labute approximate surface area is 148 Å². The van der Waals surface area contributed by atoms with Crippen LogP contribution in [0.3, 0.4) is 0 Å². The first-order chi connectivity index (χ1) is 12.0. The Morgan fingerprint density at radius 1 is 1.32 bits per heavy atom. The SMILES string of the molecule is CS(=O)(=O)CCN1CCC(Nc2c(C#N)cnc3ccccc23)CC1. The van der Waals surface area contributed by atoms with Crippen LogP contribution in [0.2, 0.25) is 0 Å². The lowest BCUT2D eigenvalue weighted by Crippen LogP contribution is -2.41. The van der Waals surface area contributed by atoms with Gasteiger partial charge in [0, 0.05) is 43.5 Å². The molecule has 0 atom stereocenters. The summed E-state index contributed by atoms with van der Waals surface area (Å²) in [6, 6.07) is 10.3. The highest BCUT2D eigenvalue weighted by molar-refractivity contribution is 7.90. The van der Waals surface area contributed by atoms with Crippen LogP contribution in [0.1, 0.15) is 18.4 Å². The van der Waals surface area contributed by atoms with Crippen molar-refractivity contribution in [1.29, 1.82) is 5.26 Å². The third kappa shape index (κ3) is 4.47. The number of fused-ring (bicyclic) bond motifs is 1. The number of anilines is 1. The summed E-state index contributed by atoms with van der Waals surface area (Å²) in [5, 5.41) is 13.9. The molecule has 132 valence electrons. The minimum absolute atomic E-state index is 0.207. The van der Waals surface area contributed by atoms with Crippen molar-refractivity contribution in [3.05, 3.63) is 36.0 Å². The molecule has 0 spiro atoms. The number of rotatable bonds is 5. The van der Waals surface area contributed by atoms with Gasteiger partial charge in [-0.25, -0.2) is 8.42 Å². The van der Waals surface area contributed by atoms with Crippen molar-refractivity contribution < 1.29 is 8.42 Å². The summed E-state index contributed by atoms with van der Waals surface area (Å²) in [7, 11) is -2.92. The number of aromatic nitrogens is 1. The van der Waals surface area contributed by atoms with Crippen molar-refractivity contribution >= 4 is 26.4 Å². The second-order valence-electron chi connectivity index (χ2n) is 6.57. The summed E-state index contributed by atoms with van der Waals surface area (Å²) in [5.74, 6) is 0.207. The Balaban J connectivity index is 1.68. The van der Waals surface area contributed by atoms with Crippen LogP contribution in [-0.2, 0) is 9.84 Å². The summed E-state index contributed by atoms with van der Waals surface area (Å²) in [6.45, 7) is 2.31. The van der Waals surface area contributed by atoms with E-state index in [1.807, 2.05) is 24.3 Å². The van der Waals surface area contributed by atoms with Crippen molar-refractivity contribution in [2.45, 2.75) is 18.9 Å². The minimum atomic E-state index is -2.92. The maximum Gasteiger partial charge on any atom is 0.148 e. The number of para-hydroxylation sites is 1. The molecular weight excluding hydrogens is 336 g/mol. The van der Waals surface area contributed by atoms with Crippen molar-refractivity contribution in [3.8, 4) is 6.07 Å². The van der Waals surface area contributed by atoms with E-state index in [9.17, 15) is 13.7 Å². The molecule has 7 heteroatoms. The van der Waals surface area contributed by atoms with Gasteiger partial charge in [0.05, 0.1) is 22.5 Å². The van der Waals surface area contributed by atoms with Crippen molar-refractivity contribution in [2.24, 2.45) is 0 Å². The van der Waals surface area contributed by atoms with Gasteiger partial charge in [-0.3, -0.25) is 4.98 Å². The number of sulfone groups is 1. The van der Waals surface area contributed by atoms with Gasteiger partial charge in [-0.2, -0.15) is 5.26 Å². The van der Waals surface area contributed by atoms with Crippen LogP contribution in [0, 0.1) is 11.3 Å². The second-order valence-corrected chi connectivity index (χ2v) is 8.83. The van der Waals surface area contributed by atoms with E-state index in [-0.39, 0.29) is 11.8 Å². The number of piperidine rings is 1. The van der Waals surface area contributed by atoms with Gasteiger partial charge in [0.25, 0.3) is 0 Å². The normalized spacial score (nSPS) is 16.6. The first kappa shape index (κ1) is 17.6. The molecule has 0 bridgehead atoms. The van der Waals surface area contributed by atoms with Crippen LogP contribution in [-0.4, -0.2) is 56.0 Å². The maximum absolute atomic E-state index is 11.3. The summed E-state index contributed by atoms with van der Waals surface area (Å²) in [6.07, 6.45) is 4.74. The van der Waals surface area contributed by atoms with Crippen molar-refractivity contribution in [2.75, 3.05) is 37.0 Å². The van der Waals surface area contributed by atoms with Gasteiger partial charge < -0.3 is 10.2 Å². The molecule has 0 unspecified atom stereocenters. The van der Waals surface area contributed by atoms with Gasteiger partial charge in [-0.05, 0) is 18.9 Å². The molecule has 2 aromatic rings. The van der Waals surface area contributed by atoms with Gasteiger partial charge >= 0.3 is 0 Å². The van der Waals surface area contributed by atoms with Crippen LogP contribution < -0.4 is 5.32 Å². The zero-order chi connectivity index (χ0) is 17.9. The number of hydrogen-bond acceptors (Lipinski definition) is 6. The van der Waals surface area contributed by atoms with Gasteiger partial charge in [-0.15, -0.1) is 0 Å². The minimum Gasteiger partial charge on any atom is -0.381 e. The number of nitriles is 1. The van der Waals surface area contributed by atoms with E-state index in [0.717, 1.165) is 42.5 Å². The van der Waals surface area contributed by atoms with Crippen molar-refractivity contribution in [3.63, 3.8) is 0 Å². The molecule has 2 heterocycles. The fourth-order valence-electron chi connectivity index (χ4n) is 3.18. The smallest absolute Gasteiger partial charge is 0.148 e. The van der Waals surface area contributed by atoms with E-state index in [1.165, 1.54) is 6.26 Å². The molecule has 1 fully saturated rings. The topological polar surface area (TPSA) is 86.1 Å². The van der Waals surface area contributed by atoms with Crippen LogP contribution in [0.4, 0.5) is 5.69 Å². The van der Waals surface area contributed by atoms with E-state index in [2.05, 4.69) is 21.3 Å². The first-order valence-corrected chi connectivity index (χ1v) is 10.5. The largest absolute Gasteiger partial charge is 0.381 e. The van der Waals surface area contributed by atoms with Gasteiger partial charge in [0.1, 0.15) is 15.9 Å². The lowest BCUT2D eigenvalue weighted by atomic mass is 10.0. The van der Waals surface area contributed by atoms with E-state index < -0.39 is 9.84 Å². The summed E-state index contributed by atoms with van der Waals surface area (Å²) in [5.41, 5.74) is 2.27. The van der Waals surface area contributed by atoms with Crippen LogP contribution >= 0.6 is 0 Å². The highest BCUT2D eigenvalue weighted by Crippen LogP contribution is 2.27. The Morgan fingerprint density at radius 2 is 2.04 bits per heavy atom. The molecule has 1 aliphatic heterocycles. The molecule has 25 heavy (non-hydrogen) atoms.